The molecule has 2 N–H and O–H groups in total. The third-order valence-electron chi connectivity index (χ3n) is 4.25. The maximum atomic E-state index is 6.44. The van der Waals surface area contributed by atoms with E-state index in [2.05, 4.69) is 28.1 Å². The third kappa shape index (κ3) is 2.72. The van der Waals surface area contributed by atoms with Crippen molar-refractivity contribution < 1.29 is 4.42 Å². The molecule has 2 aromatic rings. The number of nitrogens with two attached hydrogens (primary N) is 1. The van der Waals surface area contributed by atoms with Gasteiger partial charge in [-0.1, -0.05) is 37.8 Å². The molecule has 0 spiro atoms. The quantitative estimate of drug-likeness (QED) is 0.775. The number of benzene rings is 1. The molecule has 3 rings (SSSR count). The van der Waals surface area contributed by atoms with Crippen molar-refractivity contribution in [3.8, 4) is 0 Å². The highest BCUT2D eigenvalue weighted by atomic mass is 79.9. The maximum absolute atomic E-state index is 6.44. The van der Waals surface area contributed by atoms with Crippen LogP contribution in [0.5, 0.6) is 0 Å². The Kier molecular flexibility index (Phi) is 3.94. The number of hydrogen-bond acceptors (Lipinski definition) is 2. The second-order valence-corrected chi connectivity index (χ2v) is 6.44. The van der Waals surface area contributed by atoms with Crippen molar-refractivity contribution in [3.05, 3.63) is 34.5 Å². The molecule has 1 aromatic carbocycles. The lowest BCUT2D eigenvalue weighted by Crippen LogP contribution is -2.20. The molecule has 1 atom stereocenters. The summed E-state index contributed by atoms with van der Waals surface area (Å²) in [5.74, 6) is 1.51. The van der Waals surface area contributed by atoms with E-state index < -0.39 is 0 Å². The normalized spacial score (nSPS) is 19.5. The van der Waals surface area contributed by atoms with Crippen molar-refractivity contribution >= 4 is 26.9 Å². The second-order valence-electron chi connectivity index (χ2n) is 5.58. The van der Waals surface area contributed by atoms with Gasteiger partial charge in [-0.2, -0.15) is 0 Å². The lowest BCUT2D eigenvalue weighted by molar-refractivity contribution is 0.339. The van der Waals surface area contributed by atoms with Crippen LogP contribution in [0.4, 0.5) is 0 Å². The molecule has 19 heavy (non-hydrogen) atoms. The maximum Gasteiger partial charge on any atom is 0.148 e. The molecule has 1 fully saturated rings. The Morgan fingerprint density at radius 1 is 1.16 bits per heavy atom. The third-order valence-corrected chi connectivity index (χ3v) is 4.88. The van der Waals surface area contributed by atoms with E-state index in [1.807, 2.05) is 12.1 Å². The van der Waals surface area contributed by atoms with Crippen LogP contribution in [0.15, 0.2) is 33.2 Å². The van der Waals surface area contributed by atoms with Crippen LogP contribution in [0.25, 0.3) is 11.0 Å². The molecule has 1 aromatic heterocycles. The van der Waals surface area contributed by atoms with Gasteiger partial charge in [-0.05, 0) is 46.8 Å². The zero-order valence-corrected chi connectivity index (χ0v) is 12.7. The van der Waals surface area contributed by atoms with E-state index in [1.54, 1.807) is 0 Å². The minimum absolute atomic E-state index is 0.0393. The highest BCUT2D eigenvalue weighted by Gasteiger charge is 2.24. The Morgan fingerprint density at radius 2 is 1.89 bits per heavy atom. The van der Waals surface area contributed by atoms with Crippen LogP contribution in [0, 0.1) is 5.92 Å². The van der Waals surface area contributed by atoms with E-state index in [4.69, 9.17) is 10.2 Å². The Hall–Kier alpha value is -0.800. The zero-order valence-electron chi connectivity index (χ0n) is 11.1. The minimum atomic E-state index is 0.0393. The summed E-state index contributed by atoms with van der Waals surface area (Å²) in [7, 11) is 0. The average molecular weight is 322 g/mol. The van der Waals surface area contributed by atoms with E-state index in [9.17, 15) is 0 Å². The van der Waals surface area contributed by atoms with Crippen LogP contribution in [0.2, 0.25) is 0 Å². The predicted octanol–water partition coefficient (Wildman–Crippen LogP) is 5.17. The Balaban J connectivity index is 1.88. The summed E-state index contributed by atoms with van der Waals surface area (Å²) < 4.78 is 6.99. The van der Waals surface area contributed by atoms with Crippen molar-refractivity contribution in [3.63, 3.8) is 0 Å². The van der Waals surface area contributed by atoms with Crippen LogP contribution in [-0.2, 0) is 0 Å². The number of para-hydroxylation sites is 1. The van der Waals surface area contributed by atoms with Crippen LogP contribution < -0.4 is 5.73 Å². The molecule has 102 valence electrons. The van der Waals surface area contributed by atoms with Crippen molar-refractivity contribution in [1.29, 1.82) is 0 Å². The number of fused-ring (bicyclic) bond motifs is 1. The fourth-order valence-electron chi connectivity index (χ4n) is 3.11. The SMILES string of the molecule is NC(c1cc2cccc(Br)c2o1)C1CCCCCC1. The summed E-state index contributed by atoms with van der Waals surface area (Å²) in [4.78, 5) is 0. The fraction of sp³-hybridized carbons (Fsp3) is 0.500. The molecule has 1 heterocycles. The van der Waals surface area contributed by atoms with E-state index in [0.717, 1.165) is 21.2 Å². The van der Waals surface area contributed by atoms with Gasteiger partial charge in [0, 0.05) is 5.39 Å². The monoisotopic (exact) mass is 321 g/mol. The highest BCUT2D eigenvalue weighted by molar-refractivity contribution is 9.10. The number of rotatable bonds is 2. The lowest BCUT2D eigenvalue weighted by atomic mass is 9.91. The van der Waals surface area contributed by atoms with Gasteiger partial charge in [0.1, 0.15) is 11.3 Å². The first-order valence-corrected chi connectivity index (χ1v) is 7.98. The Bertz CT molecular complexity index is 555. The van der Waals surface area contributed by atoms with Gasteiger partial charge in [-0.15, -0.1) is 0 Å². The van der Waals surface area contributed by atoms with Gasteiger partial charge in [0.2, 0.25) is 0 Å². The smallest absolute Gasteiger partial charge is 0.148 e. The van der Waals surface area contributed by atoms with Gasteiger partial charge in [0.25, 0.3) is 0 Å². The van der Waals surface area contributed by atoms with E-state index in [0.29, 0.717) is 5.92 Å². The van der Waals surface area contributed by atoms with Gasteiger partial charge < -0.3 is 10.2 Å². The Labute approximate surface area is 122 Å². The molecule has 1 saturated carbocycles. The summed E-state index contributed by atoms with van der Waals surface area (Å²) in [6.45, 7) is 0. The summed E-state index contributed by atoms with van der Waals surface area (Å²) in [6.07, 6.45) is 7.80. The molecular formula is C16H20BrNO. The fourth-order valence-corrected chi connectivity index (χ4v) is 3.58. The van der Waals surface area contributed by atoms with Crippen LogP contribution in [-0.4, -0.2) is 0 Å². The molecule has 0 radical (unpaired) electrons. The number of halogens is 1. The summed E-state index contributed by atoms with van der Waals surface area (Å²) >= 11 is 3.53. The molecule has 3 heteroatoms. The molecule has 0 saturated heterocycles. The first kappa shape index (κ1) is 13.2. The van der Waals surface area contributed by atoms with Crippen LogP contribution in [0.3, 0.4) is 0 Å². The second kappa shape index (κ2) is 5.68. The molecule has 1 aliphatic carbocycles. The first-order valence-electron chi connectivity index (χ1n) is 7.19. The lowest BCUT2D eigenvalue weighted by Gasteiger charge is -2.20. The van der Waals surface area contributed by atoms with E-state index in [-0.39, 0.29) is 6.04 Å². The largest absolute Gasteiger partial charge is 0.458 e. The van der Waals surface area contributed by atoms with Gasteiger partial charge in [-0.25, -0.2) is 0 Å². The van der Waals surface area contributed by atoms with Crippen molar-refractivity contribution in [2.75, 3.05) is 0 Å². The summed E-state index contributed by atoms with van der Waals surface area (Å²) in [5.41, 5.74) is 7.36. The average Bonchev–Trinajstić information content (AvgIpc) is 2.67. The molecule has 0 aliphatic heterocycles. The standard InChI is InChI=1S/C16H20BrNO/c17-13-9-5-8-12-10-14(19-16(12)13)15(18)11-6-3-1-2-4-7-11/h5,8-11,15H,1-4,6-7,18H2. The summed E-state index contributed by atoms with van der Waals surface area (Å²) in [6, 6.07) is 8.26. The molecular weight excluding hydrogens is 302 g/mol. The van der Waals surface area contributed by atoms with Crippen LogP contribution in [0.1, 0.15) is 50.3 Å². The topological polar surface area (TPSA) is 39.2 Å². The van der Waals surface area contributed by atoms with E-state index in [1.165, 1.54) is 38.5 Å². The van der Waals surface area contributed by atoms with Crippen LogP contribution >= 0.6 is 15.9 Å². The molecule has 0 amide bonds. The van der Waals surface area contributed by atoms with E-state index >= 15 is 0 Å². The molecule has 1 aliphatic rings. The van der Waals surface area contributed by atoms with Gasteiger partial charge >= 0.3 is 0 Å². The minimum Gasteiger partial charge on any atom is -0.458 e. The predicted molar refractivity (Wildman–Crippen MR) is 82.0 cm³/mol. The Morgan fingerprint density at radius 3 is 2.58 bits per heavy atom. The molecule has 2 nitrogen and oxygen atoms in total. The first-order chi connectivity index (χ1) is 9.25. The van der Waals surface area contributed by atoms with Crippen molar-refractivity contribution in [2.45, 2.75) is 44.6 Å². The van der Waals surface area contributed by atoms with Gasteiger partial charge in [-0.3, -0.25) is 0 Å². The van der Waals surface area contributed by atoms with Gasteiger partial charge in [0.05, 0.1) is 10.5 Å². The number of hydrogen-bond donors (Lipinski definition) is 1. The molecule has 1 unspecified atom stereocenters. The van der Waals surface area contributed by atoms with Crippen molar-refractivity contribution in [1.82, 2.24) is 0 Å². The summed E-state index contributed by atoms with van der Waals surface area (Å²) in [5, 5.41) is 1.13. The highest BCUT2D eigenvalue weighted by Crippen LogP contribution is 2.35. The van der Waals surface area contributed by atoms with Gasteiger partial charge in [0.15, 0.2) is 0 Å². The molecule has 0 bridgehead atoms. The zero-order chi connectivity index (χ0) is 13.2. The number of furan rings is 1. The van der Waals surface area contributed by atoms with Crippen molar-refractivity contribution in [2.24, 2.45) is 11.7 Å².